The van der Waals surface area contributed by atoms with Gasteiger partial charge in [-0.25, -0.2) is 9.67 Å². The van der Waals surface area contributed by atoms with Gasteiger partial charge < -0.3 is 14.6 Å². The number of carbonyl (C=O) groups excluding carboxylic acids is 1. The van der Waals surface area contributed by atoms with E-state index in [1.54, 1.807) is 11.7 Å². The highest BCUT2D eigenvalue weighted by Crippen LogP contribution is 2.33. The van der Waals surface area contributed by atoms with Crippen LogP contribution in [0.2, 0.25) is 0 Å². The third-order valence-electron chi connectivity index (χ3n) is 4.98. The number of esters is 1. The van der Waals surface area contributed by atoms with Crippen molar-refractivity contribution < 1.29 is 19.4 Å². The van der Waals surface area contributed by atoms with Crippen LogP contribution in [0.15, 0.2) is 12.1 Å². The van der Waals surface area contributed by atoms with E-state index in [0.717, 1.165) is 30.7 Å². The normalized spacial score (nSPS) is 19.2. The molecular formula is C20H28N4O4. The van der Waals surface area contributed by atoms with Crippen molar-refractivity contribution >= 4 is 5.97 Å². The average molecular weight is 388 g/mol. The van der Waals surface area contributed by atoms with Gasteiger partial charge in [-0.3, -0.25) is 4.79 Å². The first-order valence-corrected chi connectivity index (χ1v) is 9.71. The van der Waals surface area contributed by atoms with Gasteiger partial charge in [-0.2, -0.15) is 0 Å². The summed E-state index contributed by atoms with van der Waals surface area (Å²) in [6.07, 6.45) is 3.17. The zero-order valence-electron chi connectivity index (χ0n) is 16.9. The molecule has 0 radical (unpaired) electrons. The smallest absolute Gasteiger partial charge is 0.306 e. The minimum absolute atomic E-state index is 0.0751. The van der Waals surface area contributed by atoms with Crippen molar-refractivity contribution in [3.8, 4) is 17.1 Å². The maximum absolute atomic E-state index is 11.9. The predicted octanol–water partition coefficient (Wildman–Crippen LogP) is 2.57. The predicted molar refractivity (Wildman–Crippen MR) is 102 cm³/mol. The van der Waals surface area contributed by atoms with Gasteiger partial charge in [0.2, 0.25) is 0 Å². The fourth-order valence-electron chi connectivity index (χ4n) is 3.61. The van der Waals surface area contributed by atoms with Crippen LogP contribution >= 0.6 is 0 Å². The Bertz CT molecular complexity index is 834. The molecule has 1 saturated carbocycles. The van der Waals surface area contributed by atoms with Gasteiger partial charge in [-0.1, -0.05) is 5.21 Å². The second-order valence-electron chi connectivity index (χ2n) is 7.61. The lowest BCUT2D eigenvalue weighted by Gasteiger charge is -2.16. The third kappa shape index (κ3) is 4.67. The van der Waals surface area contributed by atoms with E-state index in [4.69, 9.17) is 9.47 Å². The molecule has 3 rings (SSSR count). The Balaban J connectivity index is 1.62. The minimum Gasteiger partial charge on any atom is -0.489 e. The lowest BCUT2D eigenvalue weighted by atomic mass is 10.0. The molecule has 2 aromatic heterocycles. The maximum Gasteiger partial charge on any atom is 0.306 e. The molecule has 1 N–H and O–H groups in total. The molecule has 28 heavy (non-hydrogen) atoms. The van der Waals surface area contributed by atoms with Crippen molar-refractivity contribution in [1.82, 2.24) is 20.0 Å². The zero-order valence-corrected chi connectivity index (χ0v) is 16.9. The van der Waals surface area contributed by atoms with E-state index in [-0.39, 0.29) is 24.8 Å². The fourth-order valence-corrected chi connectivity index (χ4v) is 3.61. The Kier molecular flexibility index (Phi) is 6.28. The van der Waals surface area contributed by atoms with E-state index in [1.807, 2.05) is 32.9 Å². The molecule has 152 valence electrons. The largest absolute Gasteiger partial charge is 0.489 e. The number of aliphatic hydroxyl groups is 1. The van der Waals surface area contributed by atoms with E-state index in [0.29, 0.717) is 29.4 Å². The number of aromatic nitrogens is 4. The Morgan fingerprint density at radius 3 is 2.82 bits per heavy atom. The van der Waals surface area contributed by atoms with Crippen LogP contribution in [-0.2, 0) is 23.2 Å². The highest BCUT2D eigenvalue weighted by atomic mass is 16.5. The van der Waals surface area contributed by atoms with Crippen LogP contribution in [0, 0.1) is 12.8 Å². The average Bonchev–Trinajstić information content (AvgIpc) is 3.22. The number of rotatable bonds is 7. The molecule has 0 bridgehead atoms. The Hall–Kier alpha value is -2.48. The van der Waals surface area contributed by atoms with Crippen LogP contribution < -0.4 is 4.74 Å². The number of nitrogens with zero attached hydrogens (tertiary/aromatic N) is 4. The summed E-state index contributed by atoms with van der Waals surface area (Å²) in [5.74, 6) is 0.899. The van der Waals surface area contributed by atoms with Gasteiger partial charge >= 0.3 is 5.97 Å². The molecule has 2 unspecified atom stereocenters. The summed E-state index contributed by atoms with van der Waals surface area (Å²) in [7, 11) is 1.74. The minimum atomic E-state index is -0.152. The first-order valence-electron chi connectivity index (χ1n) is 9.71. The molecule has 2 heterocycles. The van der Waals surface area contributed by atoms with Crippen molar-refractivity contribution in [3.63, 3.8) is 0 Å². The molecule has 0 amide bonds. The first kappa shape index (κ1) is 20.3. The number of pyridine rings is 1. The number of hydrogen-bond donors (Lipinski definition) is 1. The standard InChI is InChI=1S/C20H28N4O4/c1-12(2)27-19(26)10-14-5-6-15(9-14)28-18-8-7-16(21-13(18)3)20-17(11-25)24(4)23-22-20/h7-8,12,14-15,25H,5-6,9-11H2,1-4H3. The summed E-state index contributed by atoms with van der Waals surface area (Å²) in [6.45, 7) is 5.46. The zero-order chi connectivity index (χ0) is 20.3. The number of ether oxygens (including phenoxy) is 2. The first-order chi connectivity index (χ1) is 13.4. The van der Waals surface area contributed by atoms with Gasteiger partial charge in [0, 0.05) is 13.5 Å². The molecule has 2 atom stereocenters. The van der Waals surface area contributed by atoms with Crippen molar-refractivity contribution in [2.45, 2.75) is 65.3 Å². The molecule has 1 aliphatic carbocycles. The molecule has 0 spiro atoms. The quantitative estimate of drug-likeness (QED) is 0.728. The second kappa shape index (κ2) is 8.68. The van der Waals surface area contributed by atoms with Crippen LogP contribution in [-0.4, -0.2) is 43.3 Å². The van der Waals surface area contributed by atoms with E-state index in [1.165, 1.54) is 0 Å². The summed E-state index contributed by atoms with van der Waals surface area (Å²) in [4.78, 5) is 16.4. The van der Waals surface area contributed by atoms with Crippen LogP contribution in [0.25, 0.3) is 11.4 Å². The fraction of sp³-hybridized carbons (Fsp3) is 0.600. The van der Waals surface area contributed by atoms with Crippen LogP contribution in [0.3, 0.4) is 0 Å². The summed E-state index contributed by atoms with van der Waals surface area (Å²) in [6, 6.07) is 3.71. The Morgan fingerprint density at radius 1 is 1.36 bits per heavy atom. The van der Waals surface area contributed by atoms with Gasteiger partial charge in [0.25, 0.3) is 0 Å². The number of hydrogen-bond acceptors (Lipinski definition) is 7. The molecule has 1 fully saturated rings. The van der Waals surface area contributed by atoms with Gasteiger partial charge in [0.05, 0.1) is 35.9 Å². The molecule has 0 saturated heterocycles. The van der Waals surface area contributed by atoms with E-state index >= 15 is 0 Å². The molecule has 0 aliphatic heterocycles. The highest BCUT2D eigenvalue weighted by molar-refractivity contribution is 5.69. The molecule has 8 nitrogen and oxygen atoms in total. The molecule has 1 aliphatic rings. The van der Waals surface area contributed by atoms with Crippen molar-refractivity contribution in [2.24, 2.45) is 13.0 Å². The summed E-state index contributed by atoms with van der Waals surface area (Å²) >= 11 is 0. The summed E-state index contributed by atoms with van der Waals surface area (Å²) in [5.41, 5.74) is 2.61. The van der Waals surface area contributed by atoms with Crippen molar-refractivity contribution in [3.05, 3.63) is 23.5 Å². The summed E-state index contributed by atoms with van der Waals surface area (Å²) < 4.78 is 12.9. The Morgan fingerprint density at radius 2 is 2.14 bits per heavy atom. The van der Waals surface area contributed by atoms with E-state index < -0.39 is 0 Å². The Labute approximate surface area is 164 Å². The second-order valence-corrected chi connectivity index (χ2v) is 7.61. The van der Waals surface area contributed by atoms with Gasteiger partial charge in [0.1, 0.15) is 11.4 Å². The number of aliphatic hydroxyl groups excluding tert-OH is 1. The van der Waals surface area contributed by atoms with Crippen LogP contribution in [0.4, 0.5) is 0 Å². The van der Waals surface area contributed by atoms with E-state index in [9.17, 15) is 9.90 Å². The van der Waals surface area contributed by atoms with Gasteiger partial charge in [0.15, 0.2) is 0 Å². The SMILES string of the molecule is Cc1nc(-c2nnn(C)c2CO)ccc1OC1CCC(CC(=O)OC(C)C)C1. The molecule has 8 heteroatoms. The van der Waals surface area contributed by atoms with Gasteiger partial charge in [-0.05, 0) is 58.1 Å². The monoisotopic (exact) mass is 388 g/mol. The summed E-state index contributed by atoms with van der Waals surface area (Å²) in [5, 5.41) is 17.6. The lowest BCUT2D eigenvalue weighted by molar-refractivity contribution is -0.148. The third-order valence-corrected chi connectivity index (χ3v) is 4.98. The molecular weight excluding hydrogens is 360 g/mol. The van der Waals surface area contributed by atoms with E-state index in [2.05, 4.69) is 15.3 Å². The van der Waals surface area contributed by atoms with Crippen molar-refractivity contribution in [1.29, 1.82) is 0 Å². The number of aryl methyl sites for hydroxylation is 2. The number of carbonyl (C=O) groups is 1. The molecule has 0 aromatic carbocycles. The topological polar surface area (TPSA) is 99.4 Å². The van der Waals surface area contributed by atoms with Crippen molar-refractivity contribution in [2.75, 3.05) is 0 Å². The molecule has 2 aromatic rings. The van der Waals surface area contributed by atoms with Crippen LogP contribution in [0.1, 0.15) is 50.9 Å². The highest BCUT2D eigenvalue weighted by Gasteiger charge is 2.29. The van der Waals surface area contributed by atoms with Crippen LogP contribution in [0.5, 0.6) is 5.75 Å². The maximum atomic E-state index is 11.9. The van der Waals surface area contributed by atoms with Gasteiger partial charge in [-0.15, -0.1) is 5.10 Å². The lowest BCUT2D eigenvalue weighted by Crippen LogP contribution is -2.16.